The van der Waals surface area contributed by atoms with Crippen molar-refractivity contribution in [3.63, 3.8) is 0 Å². The number of fused-ring (bicyclic) bond motifs is 1. The molecule has 0 aliphatic heterocycles. The molecule has 1 atom stereocenters. The summed E-state index contributed by atoms with van der Waals surface area (Å²) in [4.78, 5) is 11.3. The fourth-order valence-corrected chi connectivity index (χ4v) is 2.80. The van der Waals surface area contributed by atoms with Crippen molar-refractivity contribution in [2.45, 2.75) is 18.9 Å². The van der Waals surface area contributed by atoms with E-state index < -0.39 is 0 Å². The van der Waals surface area contributed by atoms with Crippen LogP contribution in [0.5, 0.6) is 0 Å². The van der Waals surface area contributed by atoms with Crippen molar-refractivity contribution in [2.75, 3.05) is 5.32 Å². The highest BCUT2D eigenvalue weighted by Gasteiger charge is 2.21. The van der Waals surface area contributed by atoms with Gasteiger partial charge in [-0.05, 0) is 42.2 Å². The largest absolute Gasteiger partial charge is 0.380 e. The van der Waals surface area contributed by atoms with Crippen molar-refractivity contribution < 1.29 is 0 Å². The van der Waals surface area contributed by atoms with Crippen molar-refractivity contribution in [3.05, 3.63) is 63.0 Å². The first-order valence-electron chi connectivity index (χ1n) is 6.32. The van der Waals surface area contributed by atoms with Gasteiger partial charge >= 0.3 is 0 Å². The fourth-order valence-electron chi connectivity index (χ4n) is 2.60. The van der Waals surface area contributed by atoms with Gasteiger partial charge in [-0.25, -0.2) is 0 Å². The van der Waals surface area contributed by atoms with Gasteiger partial charge in [0.05, 0.1) is 5.69 Å². The highest BCUT2D eigenvalue weighted by atomic mass is 35.5. The molecule has 1 heterocycles. The van der Waals surface area contributed by atoms with Crippen LogP contribution in [0.2, 0.25) is 5.02 Å². The van der Waals surface area contributed by atoms with Gasteiger partial charge in [-0.15, -0.1) is 0 Å². The van der Waals surface area contributed by atoms with Crippen molar-refractivity contribution in [1.82, 2.24) is 4.57 Å². The second-order valence-corrected chi connectivity index (χ2v) is 5.47. The number of hydrogen-bond donors (Lipinski definition) is 1. The van der Waals surface area contributed by atoms with Crippen LogP contribution >= 0.6 is 11.6 Å². The maximum absolute atomic E-state index is 11.3. The van der Waals surface area contributed by atoms with Crippen molar-refractivity contribution >= 4 is 17.3 Å². The average molecular weight is 275 g/mol. The second-order valence-electron chi connectivity index (χ2n) is 5.03. The number of halogens is 1. The van der Waals surface area contributed by atoms with Crippen LogP contribution in [0.1, 0.15) is 11.1 Å². The molecule has 19 heavy (non-hydrogen) atoms. The van der Waals surface area contributed by atoms with Crippen molar-refractivity contribution in [3.8, 4) is 0 Å². The molecular weight excluding hydrogens is 260 g/mol. The minimum absolute atomic E-state index is 0.00652. The van der Waals surface area contributed by atoms with E-state index in [1.165, 1.54) is 11.1 Å². The standard InChI is InChI=1S/C15H15ClN2O/c1-18-9-13(4-5-15(18)19)17-14-7-10-2-3-12(16)6-11(10)8-14/h2-6,9,14,17H,7-8H2,1H3. The van der Waals surface area contributed by atoms with Gasteiger partial charge in [0.25, 0.3) is 0 Å². The Morgan fingerprint density at radius 1 is 1.21 bits per heavy atom. The molecule has 1 N–H and O–H groups in total. The first-order valence-corrected chi connectivity index (χ1v) is 6.70. The van der Waals surface area contributed by atoms with Crippen molar-refractivity contribution in [2.24, 2.45) is 7.05 Å². The number of anilines is 1. The Labute approximate surface area is 116 Å². The fraction of sp³-hybridized carbons (Fsp3) is 0.267. The number of aromatic nitrogens is 1. The summed E-state index contributed by atoms with van der Waals surface area (Å²) in [6.07, 6.45) is 3.80. The molecule has 0 spiro atoms. The molecule has 0 fully saturated rings. The zero-order valence-electron chi connectivity index (χ0n) is 10.7. The average Bonchev–Trinajstić information content (AvgIpc) is 2.75. The van der Waals surface area contributed by atoms with E-state index in [0.717, 1.165) is 23.6 Å². The van der Waals surface area contributed by atoms with Crippen LogP contribution in [0.3, 0.4) is 0 Å². The van der Waals surface area contributed by atoms with E-state index in [2.05, 4.69) is 11.4 Å². The highest BCUT2D eigenvalue weighted by Crippen LogP contribution is 2.27. The van der Waals surface area contributed by atoms with E-state index in [1.807, 2.05) is 24.4 Å². The Bertz CT molecular complexity index is 678. The quantitative estimate of drug-likeness (QED) is 0.913. The smallest absolute Gasteiger partial charge is 0.250 e. The summed E-state index contributed by atoms with van der Waals surface area (Å²) in [6, 6.07) is 9.86. The predicted molar refractivity (Wildman–Crippen MR) is 78.0 cm³/mol. The molecule has 1 aromatic carbocycles. The Kier molecular flexibility index (Phi) is 3.07. The molecule has 1 aliphatic rings. The minimum atomic E-state index is 0.00652. The number of rotatable bonds is 2. The van der Waals surface area contributed by atoms with E-state index in [0.29, 0.717) is 6.04 Å². The Morgan fingerprint density at radius 2 is 2.00 bits per heavy atom. The molecule has 2 aromatic rings. The minimum Gasteiger partial charge on any atom is -0.380 e. The van der Waals surface area contributed by atoms with Crippen LogP contribution in [0, 0.1) is 0 Å². The van der Waals surface area contributed by atoms with Gasteiger partial charge in [0, 0.05) is 30.4 Å². The number of nitrogens with one attached hydrogen (secondary N) is 1. The summed E-state index contributed by atoms with van der Waals surface area (Å²) < 4.78 is 1.58. The van der Waals surface area contributed by atoms with Crippen LogP contribution in [0.4, 0.5) is 5.69 Å². The van der Waals surface area contributed by atoms with E-state index in [9.17, 15) is 4.79 Å². The molecule has 98 valence electrons. The Morgan fingerprint density at radius 3 is 2.79 bits per heavy atom. The lowest BCUT2D eigenvalue weighted by molar-refractivity contribution is 0.767. The van der Waals surface area contributed by atoms with E-state index in [4.69, 9.17) is 11.6 Å². The van der Waals surface area contributed by atoms with Crippen LogP contribution in [0.15, 0.2) is 41.3 Å². The number of pyridine rings is 1. The third-order valence-corrected chi connectivity index (χ3v) is 3.79. The second kappa shape index (κ2) is 4.74. The summed E-state index contributed by atoms with van der Waals surface area (Å²) in [5.74, 6) is 0. The van der Waals surface area contributed by atoms with E-state index >= 15 is 0 Å². The van der Waals surface area contributed by atoms with Gasteiger partial charge in [-0.1, -0.05) is 17.7 Å². The lowest BCUT2D eigenvalue weighted by atomic mass is 10.1. The van der Waals surface area contributed by atoms with Crippen LogP contribution in [0.25, 0.3) is 0 Å². The molecule has 4 heteroatoms. The molecule has 0 saturated heterocycles. The molecule has 0 radical (unpaired) electrons. The molecule has 0 saturated carbocycles. The van der Waals surface area contributed by atoms with Gasteiger partial charge in [-0.2, -0.15) is 0 Å². The number of hydrogen-bond acceptors (Lipinski definition) is 2. The molecular formula is C15H15ClN2O. The molecule has 3 rings (SSSR count). The summed E-state index contributed by atoms with van der Waals surface area (Å²) in [6.45, 7) is 0. The third-order valence-electron chi connectivity index (χ3n) is 3.56. The van der Waals surface area contributed by atoms with Gasteiger partial charge in [0.2, 0.25) is 5.56 Å². The summed E-state index contributed by atoms with van der Waals surface area (Å²) in [5.41, 5.74) is 3.65. The monoisotopic (exact) mass is 274 g/mol. The van der Waals surface area contributed by atoms with Crippen molar-refractivity contribution in [1.29, 1.82) is 0 Å². The van der Waals surface area contributed by atoms with Crippen LogP contribution in [-0.4, -0.2) is 10.6 Å². The SMILES string of the molecule is Cn1cc(NC2Cc3ccc(Cl)cc3C2)ccc1=O. The van der Waals surface area contributed by atoms with E-state index in [-0.39, 0.29) is 5.56 Å². The lowest BCUT2D eigenvalue weighted by Crippen LogP contribution is -2.22. The molecule has 1 aliphatic carbocycles. The van der Waals surface area contributed by atoms with Gasteiger partial charge < -0.3 is 9.88 Å². The summed E-state index contributed by atoms with van der Waals surface area (Å²) >= 11 is 6.01. The highest BCUT2D eigenvalue weighted by molar-refractivity contribution is 6.30. The first kappa shape index (κ1) is 12.3. The number of aryl methyl sites for hydroxylation is 1. The first-order chi connectivity index (χ1) is 9.11. The lowest BCUT2D eigenvalue weighted by Gasteiger charge is -2.14. The van der Waals surface area contributed by atoms with Gasteiger partial charge in [-0.3, -0.25) is 4.79 Å². The maximum atomic E-state index is 11.3. The predicted octanol–water partition coefficient (Wildman–Crippen LogP) is 2.62. The Hall–Kier alpha value is -1.74. The molecule has 3 nitrogen and oxygen atoms in total. The molecule has 1 aromatic heterocycles. The molecule has 1 unspecified atom stereocenters. The zero-order chi connectivity index (χ0) is 13.4. The van der Waals surface area contributed by atoms with Gasteiger partial charge in [0.15, 0.2) is 0 Å². The third kappa shape index (κ3) is 2.51. The molecule has 0 bridgehead atoms. The van der Waals surface area contributed by atoms with Gasteiger partial charge in [0.1, 0.15) is 0 Å². The molecule has 0 amide bonds. The summed E-state index contributed by atoms with van der Waals surface area (Å²) in [7, 11) is 1.76. The Balaban J connectivity index is 1.76. The zero-order valence-corrected chi connectivity index (χ0v) is 11.4. The number of nitrogens with zero attached hydrogens (tertiary/aromatic N) is 1. The topological polar surface area (TPSA) is 34.0 Å². The normalized spacial score (nSPS) is 17.3. The van der Waals surface area contributed by atoms with E-state index in [1.54, 1.807) is 17.7 Å². The summed E-state index contributed by atoms with van der Waals surface area (Å²) in [5, 5.41) is 4.27. The number of benzene rings is 1. The maximum Gasteiger partial charge on any atom is 0.250 e. The van der Waals surface area contributed by atoms with Crippen LogP contribution < -0.4 is 10.9 Å². The van der Waals surface area contributed by atoms with Crippen LogP contribution in [-0.2, 0) is 19.9 Å².